The second-order valence-electron chi connectivity index (χ2n) is 9.64. The van der Waals surface area contributed by atoms with E-state index in [0.717, 1.165) is 12.8 Å². The van der Waals surface area contributed by atoms with Gasteiger partial charge in [-0.2, -0.15) is 0 Å². The molecular weight excluding hydrogens is 364 g/mol. The second-order valence-corrected chi connectivity index (χ2v) is 9.64. The molecule has 0 aromatic rings. The van der Waals surface area contributed by atoms with Crippen LogP contribution in [-0.2, 0) is 0 Å². The third kappa shape index (κ3) is 4.72. The molecule has 164 valence electrons. The van der Waals surface area contributed by atoms with Gasteiger partial charge in [0.15, 0.2) is 0 Å². The maximum absolute atomic E-state index is 7.89. The Hall–Kier alpha value is -0.280. The molecule has 0 heterocycles. The number of hydrogen-bond donors (Lipinski definition) is 7. The highest BCUT2D eigenvalue weighted by atomic mass is 16.4. The third-order valence-electron chi connectivity index (χ3n) is 7.50. The molecule has 10 atom stereocenters. The van der Waals surface area contributed by atoms with Crippen LogP contribution < -0.4 is 0 Å². The lowest BCUT2D eigenvalue weighted by Gasteiger charge is -2.44. The van der Waals surface area contributed by atoms with Crippen LogP contribution in [-0.4, -0.2) is 88.5 Å². The molecule has 0 aliphatic heterocycles. The van der Waals surface area contributed by atoms with Crippen LogP contribution in [0.2, 0.25) is 0 Å². The Morgan fingerprint density at radius 2 is 1.04 bits per heavy atom. The first kappa shape index (κ1) is 14.7. The van der Waals surface area contributed by atoms with Crippen LogP contribution in [0, 0.1) is 29.6 Å². The number of aliphatic hydroxyl groups is 7. The first-order valence-electron chi connectivity index (χ1n) is 13.7. The summed E-state index contributed by atoms with van der Waals surface area (Å²) < 4.78 is 52.3. The fourth-order valence-corrected chi connectivity index (χ4v) is 5.90. The minimum Gasteiger partial charge on any atom is -0.393 e. The van der Waals surface area contributed by atoms with E-state index >= 15 is 0 Å². The monoisotopic (exact) mass is 409 g/mol. The van der Waals surface area contributed by atoms with Crippen LogP contribution in [0.5, 0.6) is 0 Å². The number of hydrogen-bond acceptors (Lipinski definition) is 7. The van der Waals surface area contributed by atoms with E-state index < -0.39 is 36.6 Å². The molecule has 3 aliphatic carbocycles. The zero-order chi connectivity index (χ0) is 25.5. The van der Waals surface area contributed by atoms with Crippen LogP contribution in [0.4, 0.5) is 0 Å². The van der Waals surface area contributed by atoms with Crippen molar-refractivity contribution in [2.24, 2.45) is 29.6 Å². The van der Waals surface area contributed by atoms with Crippen molar-refractivity contribution < 1.29 is 35.8 Å². The fourth-order valence-electron chi connectivity index (χ4n) is 5.90. The molecular formula is C21H38O7. The molecule has 3 rings (SSSR count). The third-order valence-corrected chi connectivity index (χ3v) is 7.50. The fraction of sp³-hybridized carbons (Fsp3) is 1.00. The molecule has 7 heteroatoms. The quantitative estimate of drug-likeness (QED) is 0.250. The van der Waals surface area contributed by atoms with Gasteiger partial charge in [-0.15, -0.1) is 0 Å². The van der Waals surface area contributed by atoms with E-state index in [4.69, 9.17) is 45.8 Å². The lowest BCUT2D eigenvalue weighted by Crippen LogP contribution is -2.49. The van der Waals surface area contributed by atoms with Gasteiger partial charge in [-0.25, -0.2) is 0 Å². The first-order chi connectivity index (χ1) is 17.0. The number of aliphatic hydroxyl groups excluding tert-OH is 7. The summed E-state index contributed by atoms with van der Waals surface area (Å²) in [6.45, 7) is 2.16. The van der Waals surface area contributed by atoms with Crippen molar-refractivity contribution in [3.8, 4) is 0 Å². The lowest BCUT2D eigenvalue weighted by atomic mass is 9.65. The summed E-state index contributed by atoms with van der Waals surface area (Å²) in [6.07, 6.45) is 0.604. The normalized spacial score (nSPS) is 56.4. The van der Waals surface area contributed by atoms with Crippen LogP contribution in [0.25, 0.3) is 0 Å². The Bertz CT molecular complexity index is 579. The summed E-state index contributed by atoms with van der Waals surface area (Å²) in [7, 11) is 0. The van der Waals surface area contributed by atoms with Crippen molar-refractivity contribution in [2.75, 3.05) is 0 Å². The zero-order valence-corrected chi connectivity index (χ0v) is 16.4. The largest absolute Gasteiger partial charge is 0.393 e. The molecule has 10 unspecified atom stereocenters. The average molecular weight is 410 g/mol. The van der Waals surface area contributed by atoms with Gasteiger partial charge in [0, 0.05) is 0 Å². The molecule has 0 radical (unpaired) electrons. The summed E-state index contributed by atoms with van der Waals surface area (Å²) in [4.78, 5) is 0. The molecule has 7 N–H and O–H groups in total. The maximum Gasteiger partial charge on any atom is 0.211 e. The highest BCUT2D eigenvalue weighted by Gasteiger charge is 2.44. The molecule has 3 aliphatic rings. The van der Waals surface area contributed by atoms with Crippen molar-refractivity contribution >= 4 is 0 Å². The van der Waals surface area contributed by atoms with Crippen LogP contribution in [0.15, 0.2) is 0 Å². The summed E-state index contributed by atoms with van der Waals surface area (Å²) in [5.74, 6) is 0.218. The van der Waals surface area contributed by atoms with Gasteiger partial charge in [-0.05, 0) is 81.0 Å². The zero-order valence-electron chi connectivity index (χ0n) is 23.4. The Morgan fingerprint density at radius 1 is 0.571 bits per heavy atom. The summed E-state index contributed by atoms with van der Waals surface area (Å²) in [6, 6.07) is 0. The molecule has 0 aromatic heterocycles. The van der Waals surface area contributed by atoms with E-state index in [1.54, 1.807) is 0 Å². The van der Waals surface area contributed by atoms with Crippen LogP contribution in [0.3, 0.4) is 0 Å². The van der Waals surface area contributed by atoms with E-state index in [2.05, 4.69) is 6.92 Å². The molecule has 3 fully saturated rings. The van der Waals surface area contributed by atoms with Crippen LogP contribution >= 0.6 is 0 Å². The highest BCUT2D eigenvalue weighted by molar-refractivity contribution is 4.94. The van der Waals surface area contributed by atoms with Gasteiger partial charge >= 0.3 is 0 Å². The van der Waals surface area contributed by atoms with Gasteiger partial charge in [0.2, 0.25) is 10.0 Å². The Balaban J connectivity index is 1.72. The van der Waals surface area contributed by atoms with E-state index in [9.17, 15) is 0 Å². The molecule has 0 bridgehead atoms. The summed E-state index contributed by atoms with van der Waals surface area (Å²) in [5, 5.41) is 34.2. The minimum atomic E-state index is -0.831. The van der Waals surface area contributed by atoms with E-state index in [0.29, 0.717) is 44.4 Å². The van der Waals surface area contributed by atoms with Gasteiger partial charge in [-0.1, -0.05) is 6.92 Å². The second kappa shape index (κ2) is 9.25. The predicted octanol–water partition coefficient (Wildman–Crippen LogP) is -0.225. The molecule has 0 aromatic carbocycles. The van der Waals surface area contributed by atoms with Crippen molar-refractivity contribution in [2.45, 2.75) is 101 Å². The van der Waals surface area contributed by atoms with Gasteiger partial charge in [0.05, 0.1) is 30.5 Å². The van der Waals surface area contributed by atoms with Gasteiger partial charge in [0.1, 0.15) is 12.2 Å². The van der Waals surface area contributed by atoms with Crippen molar-refractivity contribution in [1.82, 2.24) is 0 Å². The molecule has 28 heavy (non-hydrogen) atoms. The van der Waals surface area contributed by atoms with Gasteiger partial charge < -0.3 is 35.8 Å². The highest BCUT2D eigenvalue weighted by Crippen LogP contribution is 2.43. The molecule has 3 saturated carbocycles. The Morgan fingerprint density at radius 3 is 1.43 bits per heavy atom. The van der Waals surface area contributed by atoms with Crippen molar-refractivity contribution in [3.63, 3.8) is 0 Å². The van der Waals surface area contributed by atoms with Gasteiger partial charge in [0.25, 0.3) is 0 Å². The predicted molar refractivity (Wildman–Crippen MR) is 102 cm³/mol. The topological polar surface area (TPSA) is 142 Å². The molecule has 7 nitrogen and oxygen atoms in total. The molecule has 0 amide bonds. The molecule has 0 saturated heterocycles. The van der Waals surface area contributed by atoms with Gasteiger partial charge in [-0.3, -0.25) is 0 Å². The average Bonchev–Trinajstić information content (AvgIpc) is 2.87. The first-order valence-corrected chi connectivity index (χ1v) is 10.8. The van der Waals surface area contributed by atoms with Crippen LogP contribution in [0.1, 0.15) is 58.3 Å². The van der Waals surface area contributed by atoms with Crippen molar-refractivity contribution in [3.05, 3.63) is 0 Å². The standard InChI is InChI=1S/C21H38O7/c1-10-6-13(8-11-2-4-15(22)20(27)18(11)25)17(24)14(7-10)9-12-3-5-16(23)21(28)19(12)26/h10-28H,2-9H2,1H3/i22D,23D,24D,25D,26D,27D,28D. The van der Waals surface area contributed by atoms with E-state index in [-0.39, 0.29) is 29.8 Å². The van der Waals surface area contributed by atoms with Crippen molar-refractivity contribution in [1.29, 1.82) is 10.0 Å². The number of rotatable bonds is 11. The Labute approximate surface area is 177 Å². The Kier molecular flexibility index (Phi) is 4.85. The minimum absolute atomic E-state index is 0.0234. The SMILES string of the molecule is [2H]OC1CCC(CC2CC(C)CC(CC3CCC(O[2H])C(O[2H])C3O[2H])C2O[2H])C(O[2H])C1O[2H]. The summed E-state index contributed by atoms with van der Waals surface area (Å²) in [5.41, 5.74) is 0. The molecule has 0 spiro atoms. The lowest BCUT2D eigenvalue weighted by molar-refractivity contribution is -0.127. The summed E-state index contributed by atoms with van der Waals surface area (Å²) >= 11 is 0. The smallest absolute Gasteiger partial charge is 0.211 e. The van der Waals surface area contributed by atoms with E-state index in [1.165, 1.54) is 0 Å². The maximum atomic E-state index is 7.89. The van der Waals surface area contributed by atoms with E-state index in [1.807, 2.05) is 0 Å².